The highest BCUT2D eigenvalue weighted by atomic mass is 35.5. The normalized spacial score (nSPS) is 13.8. The van der Waals surface area contributed by atoms with Crippen molar-refractivity contribution in [2.45, 2.75) is 64.3 Å². The second-order valence-corrected chi connectivity index (χ2v) is 14.2. The molecule has 5 rings (SSSR count). The number of rotatable bonds is 12. The van der Waals surface area contributed by atoms with E-state index in [9.17, 15) is 24.0 Å². The van der Waals surface area contributed by atoms with E-state index in [4.69, 9.17) is 32.7 Å². The number of hydrogen-bond acceptors (Lipinski definition) is 8. The molecule has 0 bridgehead atoms. The molecule has 0 saturated heterocycles. The Labute approximate surface area is 322 Å². The van der Waals surface area contributed by atoms with Gasteiger partial charge in [-0.2, -0.15) is 0 Å². The van der Waals surface area contributed by atoms with E-state index in [0.717, 1.165) is 29.5 Å². The Morgan fingerprint density at radius 3 is 2.41 bits per heavy atom. The minimum Gasteiger partial charge on any atom is -0.459 e. The summed E-state index contributed by atoms with van der Waals surface area (Å²) >= 11 is 13.1. The molecule has 2 atom stereocenters. The number of carbonyl (C=O) groups is 5. The van der Waals surface area contributed by atoms with Crippen LogP contribution in [0.15, 0.2) is 85.1 Å². The molecule has 1 aliphatic carbocycles. The van der Waals surface area contributed by atoms with E-state index in [1.165, 1.54) is 24.4 Å². The summed E-state index contributed by atoms with van der Waals surface area (Å²) in [4.78, 5) is 69.3. The standard InChI is InChI=1S/C39H40Cl2N6O7/c1-39(2,3)54-38(52)47-31-19-24(17-18-42-31)20-32(48)44-29-16-14-27(40)33(34(29)41)35(49)45-30(36(50)53-22-23-9-5-4-6-10-23)21-43-37(51)46-28-15-13-25-11-7-8-12-26(25)28/h4-12,14,16-19,28,30H,13,15,20-22H2,1-3H3,(H,44,48)(H,45,49)(H,42,47,52)(H2,43,46,51)/t28-,30+/m1/s1. The first-order valence-electron chi connectivity index (χ1n) is 17.1. The number of pyridine rings is 1. The lowest BCUT2D eigenvalue weighted by Gasteiger charge is -2.21. The SMILES string of the molecule is CC(C)(C)OC(=O)Nc1cc(CC(=O)Nc2ccc(Cl)c(C(=O)N[C@@H](CNC(=O)N[C@@H]3CCc4ccccc43)C(=O)OCc3ccccc3)c2Cl)ccn1. The summed E-state index contributed by atoms with van der Waals surface area (Å²) in [5, 5.41) is 13.1. The molecule has 0 saturated carbocycles. The van der Waals surface area contributed by atoms with Crippen LogP contribution < -0.4 is 26.6 Å². The first-order valence-corrected chi connectivity index (χ1v) is 17.9. The van der Waals surface area contributed by atoms with Crippen LogP contribution in [0.4, 0.5) is 21.1 Å². The van der Waals surface area contributed by atoms with Crippen LogP contribution in [0.1, 0.15) is 65.8 Å². The van der Waals surface area contributed by atoms with Crippen LogP contribution in [-0.4, -0.2) is 53.1 Å². The number of aryl methyl sites for hydroxylation is 1. The number of anilines is 2. The van der Waals surface area contributed by atoms with Crippen LogP contribution in [0.3, 0.4) is 0 Å². The third-order valence-corrected chi connectivity index (χ3v) is 8.84. The molecule has 54 heavy (non-hydrogen) atoms. The second kappa shape index (κ2) is 17.9. The zero-order chi connectivity index (χ0) is 38.8. The largest absolute Gasteiger partial charge is 0.459 e. The summed E-state index contributed by atoms with van der Waals surface area (Å²) in [6.45, 7) is 4.79. The number of urea groups is 1. The number of amides is 5. The van der Waals surface area contributed by atoms with Gasteiger partial charge in [-0.05, 0) is 80.1 Å². The van der Waals surface area contributed by atoms with Crippen molar-refractivity contribution in [3.05, 3.63) is 123 Å². The molecule has 3 aromatic carbocycles. The Morgan fingerprint density at radius 2 is 1.65 bits per heavy atom. The predicted molar refractivity (Wildman–Crippen MR) is 204 cm³/mol. The molecule has 5 N–H and O–H groups in total. The summed E-state index contributed by atoms with van der Waals surface area (Å²) < 4.78 is 10.7. The minimum atomic E-state index is -1.34. The van der Waals surface area contributed by atoms with E-state index in [1.807, 2.05) is 30.3 Å². The van der Waals surface area contributed by atoms with Crippen molar-refractivity contribution in [1.82, 2.24) is 20.9 Å². The molecule has 0 radical (unpaired) electrons. The predicted octanol–water partition coefficient (Wildman–Crippen LogP) is 6.75. The number of esters is 1. The Morgan fingerprint density at radius 1 is 0.907 bits per heavy atom. The number of fused-ring (bicyclic) bond motifs is 1. The molecule has 0 unspecified atom stereocenters. The molecule has 13 nitrogen and oxygen atoms in total. The molecule has 282 valence electrons. The molecule has 1 heterocycles. The number of nitrogens with zero attached hydrogens (tertiary/aromatic N) is 1. The van der Waals surface area contributed by atoms with Crippen molar-refractivity contribution in [3.8, 4) is 0 Å². The number of halogens is 2. The van der Waals surface area contributed by atoms with Gasteiger partial charge in [0.2, 0.25) is 5.91 Å². The van der Waals surface area contributed by atoms with Crippen LogP contribution in [0.25, 0.3) is 0 Å². The fraction of sp³-hybridized carbons (Fsp3) is 0.282. The van der Waals surface area contributed by atoms with Crippen molar-refractivity contribution < 1.29 is 33.4 Å². The Bertz CT molecular complexity index is 2020. The van der Waals surface area contributed by atoms with Gasteiger partial charge in [-0.25, -0.2) is 19.4 Å². The number of hydrogen-bond donors (Lipinski definition) is 5. The summed E-state index contributed by atoms with van der Waals surface area (Å²) in [5.74, 6) is -1.97. The van der Waals surface area contributed by atoms with E-state index in [1.54, 1.807) is 51.1 Å². The van der Waals surface area contributed by atoms with Crippen LogP contribution >= 0.6 is 23.2 Å². The maximum absolute atomic E-state index is 13.7. The smallest absolute Gasteiger partial charge is 0.413 e. The number of nitrogens with one attached hydrogen (secondary N) is 5. The van der Waals surface area contributed by atoms with Crippen LogP contribution in [0, 0.1) is 0 Å². The Kier molecular flexibility index (Phi) is 13.1. The number of aromatic nitrogens is 1. The maximum Gasteiger partial charge on any atom is 0.413 e. The van der Waals surface area contributed by atoms with Gasteiger partial charge in [-0.15, -0.1) is 0 Å². The van der Waals surface area contributed by atoms with E-state index >= 15 is 0 Å². The van der Waals surface area contributed by atoms with Gasteiger partial charge in [-0.1, -0.05) is 77.8 Å². The van der Waals surface area contributed by atoms with Crippen molar-refractivity contribution in [2.24, 2.45) is 0 Å². The quantitative estimate of drug-likeness (QED) is 0.0983. The molecular weight excluding hydrogens is 735 g/mol. The van der Waals surface area contributed by atoms with Crippen LogP contribution in [0.2, 0.25) is 10.0 Å². The second-order valence-electron chi connectivity index (χ2n) is 13.4. The van der Waals surface area contributed by atoms with Gasteiger partial charge in [0.1, 0.15) is 24.1 Å². The Balaban J connectivity index is 1.25. The van der Waals surface area contributed by atoms with Crippen LogP contribution in [-0.2, 0) is 38.5 Å². The first-order chi connectivity index (χ1) is 25.8. The Hall–Kier alpha value is -5.66. The minimum absolute atomic E-state index is 0.0514. The van der Waals surface area contributed by atoms with Gasteiger partial charge in [0.15, 0.2) is 0 Å². The molecule has 15 heteroatoms. The van der Waals surface area contributed by atoms with Crippen LogP contribution in [0.5, 0.6) is 0 Å². The highest BCUT2D eigenvalue weighted by Crippen LogP contribution is 2.33. The van der Waals surface area contributed by atoms with Crippen molar-refractivity contribution in [2.75, 3.05) is 17.2 Å². The first kappa shape index (κ1) is 39.5. The fourth-order valence-electron chi connectivity index (χ4n) is 5.66. The van der Waals surface area contributed by atoms with Gasteiger partial charge < -0.3 is 30.7 Å². The zero-order valence-corrected chi connectivity index (χ0v) is 31.3. The maximum atomic E-state index is 13.7. The van der Waals surface area contributed by atoms with E-state index in [2.05, 4.69) is 31.6 Å². The third-order valence-electron chi connectivity index (χ3n) is 8.13. The number of ether oxygens (including phenoxy) is 2. The van der Waals surface area contributed by atoms with Gasteiger partial charge in [0.25, 0.3) is 5.91 Å². The number of carbonyl (C=O) groups excluding carboxylic acids is 5. The average molecular weight is 776 g/mol. The van der Waals surface area contributed by atoms with E-state index in [0.29, 0.717) is 5.56 Å². The topological polar surface area (TPSA) is 177 Å². The molecule has 0 spiro atoms. The van der Waals surface area contributed by atoms with Gasteiger partial charge >= 0.3 is 18.1 Å². The molecule has 1 aliphatic rings. The van der Waals surface area contributed by atoms with E-state index < -0.39 is 41.6 Å². The summed E-state index contributed by atoms with van der Waals surface area (Å²) in [5.41, 5.74) is 2.57. The lowest BCUT2D eigenvalue weighted by Crippen LogP contribution is -2.51. The highest BCUT2D eigenvalue weighted by molar-refractivity contribution is 6.41. The summed E-state index contributed by atoms with van der Waals surface area (Å²) in [7, 11) is 0. The molecule has 0 aliphatic heterocycles. The van der Waals surface area contributed by atoms with Gasteiger partial charge in [-0.3, -0.25) is 14.9 Å². The lowest BCUT2D eigenvalue weighted by molar-refractivity contribution is -0.147. The van der Waals surface area contributed by atoms with Gasteiger partial charge in [0, 0.05) is 6.20 Å². The number of benzene rings is 3. The molecule has 0 fully saturated rings. The lowest BCUT2D eigenvalue weighted by atomic mass is 10.1. The molecule has 4 aromatic rings. The average Bonchev–Trinajstić information content (AvgIpc) is 3.52. The molecular formula is C39H40Cl2N6O7. The monoisotopic (exact) mass is 774 g/mol. The summed E-state index contributed by atoms with van der Waals surface area (Å²) in [6.07, 6.45) is 2.15. The molecule has 5 amide bonds. The van der Waals surface area contributed by atoms with Gasteiger partial charge in [0.05, 0.1) is 40.3 Å². The van der Waals surface area contributed by atoms with Crippen molar-refractivity contribution in [3.63, 3.8) is 0 Å². The highest BCUT2D eigenvalue weighted by Gasteiger charge is 2.29. The molecule has 1 aromatic heterocycles. The van der Waals surface area contributed by atoms with E-state index in [-0.39, 0.29) is 52.7 Å². The van der Waals surface area contributed by atoms with Crippen molar-refractivity contribution >= 4 is 64.6 Å². The zero-order valence-electron chi connectivity index (χ0n) is 29.8. The fourth-order valence-corrected chi connectivity index (χ4v) is 6.25. The third kappa shape index (κ3) is 11.2. The summed E-state index contributed by atoms with van der Waals surface area (Å²) in [6, 6.07) is 20.6. The van der Waals surface area contributed by atoms with Crippen molar-refractivity contribution in [1.29, 1.82) is 0 Å².